The summed E-state index contributed by atoms with van der Waals surface area (Å²) in [5, 5.41) is 11.4. The Kier molecular flexibility index (Phi) is 5.89. The molecule has 0 aromatic heterocycles. The monoisotopic (exact) mass is 331 g/mol. The summed E-state index contributed by atoms with van der Waals surface area (Å²) in [7, 11) is 0. The van der Waals surface area contributed by atoms with Gasteiger partial charge < -0.3 is 15.2 Å². The van der Waals surface area contributed by atoms with E-state index in [1.54, 1.807) is 31.2 Å². The Hall–Kier alpha value is -2.89. The molecule has 2 aromatic rings. The minimum Gasteiger partial charge on any atom is -0.481 e. The molecule has 126 valence electrons. The summed E-state index contributed by atoms with van der Waals surface area (Å²) in [4.78, 5) is 23.0. The van der Waals surface area contributed by atoms with E-state index in [1.165, 1.54) is 6.07 Å². The zero-order valence-electron chi connectivity index (χ0n) is 13.2. The first-order valence-electron chi connectivity index (χ1n) is 7.41. The first-order chi connectivity index (χ1) is 11.5. The number of alkyl carbamates (subject to hydrolysis) is 1. The van der Waals surface area contributed by atoms with Crippen molar-refractivity contribution < 1.29 is 23.8 Å². The van der Waals surface area contributed by atoms with Gasteiger partial charge in [-0.3, -0.25) is 4.79 Å². The summed E-state index contributed by atoms with van der Waals surface area (Å²) in [6, 6.07) is 12.7. The lowest BCUT2D eigenvalue weighted by Gasteiger charge is -2.18. The third kappa shape index (κ3) is 4.81. The highest BCUT2D eigenvalue weighted by molar-refractivity contribution is 5.72. The van der Waals surface area contributed by atoms with Gasteiger partial charge >= 0.3 is 12.1 Å². The van der Waals surface area contributed by atoms with Crippen molar-refractivity contribution in [1.82, 2.24) is 5.32 Å². The molecule has 0 spiro atoms. The molecule has 0 radical (unpaired) electrons. The second-order valence-corrected chi connectivity index (χ2v) is 5.33. The van der Waals surface area contributed by atoms with Crippen LogP contribution in [-0.2, 0) is 16.1 Å². The summed E-state index contributed by atoms with van der Waals surface area (Å²) in [5.41, 5.74) is 1.29. The van der Waals surface area contributed by atoms with Crippen LogP contribution in [0.25, 0.3) is 0 Å². The molecule has 0 unspecified atom stereocenters. The number of carbonyl (C=O) groups excluding carboxylic acids is 1. The van der Waals surface area contributed by atoms with Crippen molar-refractivity contribution in [2.45, 2.75) is 26.0 Å². The van der Waals surface area contributed by atoms with E-state index in [4.69, 9.17) is 9.84 Å². The van der Waals surface area contributed by atoms with E-state index >= 15 is 0 Å². The van der Waals surface area contributed by atoms with Gasteiger partial charge in [-0.1, -0.05) is 48.5 Å². The Labute approximate surface area is 139 Å². The lowest BCUT2D eigenvalue weighted by molar-refractivity contribution is -0.137. The Morgan fingerprint density at radius 2 is 1.88 bits per heavy atom. The van der Waals surface area contributed by atoms with Gasteiger partial charge in [-0.05, 0) is 18.1 Å². The number of nitrogens with one attached hydrogen (secondary N) is 1. The standard InChI is InChI=1S/C18H18FNO4/c1-12-6-5-9-14(17(12)19)15(10-16(21)22)20-18(23)24-11-13-7-3-2-4-8-13/h2-9,15H,10-11H2,1H3,(H,20,23)(H,21,22)/t15-/m1/s1. The predicted octanol–water partition coefficient (Wildman–Crippen LogP) is 3.58. The summed E-state index contributed by atoms with van der Waals surface area (Å²) in [6.07, 6.45) is -1.24. The van der Waals surface area contributed by atoms with Crippen LogP contribution in [0, 0.1) is 12.7 Å². The highest BCUT2D eigenvalue weighted by Gasteiger charge is 2.22. The molecule has 0 aliphatic rings. The van der Waals surface area contributed by atoms with Gasteiger partial charge in [0.1, 0.15) is 12.4 Å². The van der Waals surface area contributed by atoms with Gasteiger partial charge in [0.2, 0.25) is 0 Å². The lowest BCUT2D eigenvalue weighted by atomic mass is 10.0. The van der Waals surface area contributed by atoms with E-state index < -0.39 is 30.3 Å². The Morgan fingerprint density at radius 3 is 2.54 bits per heavy atom. The number of benzene rings is 2. The van der Waals surface area contributed by atoms with Gasteiger partial charge in [-0.15, -0.1) is 0 Å². The number of carboxylic acids is 1. The maximum atomic E-state index is 14.2. The third-order valence-electron chi connectivity index (χ3n) is 3.48. The lowest BCUT2D eigenvalue weighted by Crippen LogP contribution is -2.31. The molecule has 1 atom stereocenters. The predicted molar refractivity (Wildman–Crippen MR) is 85.9 cm³/mol. The van der Waals surface area contributed by atoms with Crippen molar-refractivity contribution in [2.24, 2.45) is 0 Å². The first kappa shape index (κ1) is 17.5. The molecule has 0 saturated carbocycles. The highest BCUT2D eigenvalue weighted by Crippen LogP contribution is 2.22. The molecule has 0 aliphatic carbocycles. The molecular weight excluding hydrogens is 313 g/mol. The SMILES string of the molecule is Cc1cccc([C@@H](CC(=O)O)NC(=O)OCc2ccccc2)c1F. The van der Waals surface area contributed by atoms with Crippen molar-refractivity contribution in [3.63, 3.8) is 0 Å². The van der Waals surface area contributed by atoms with Crippen LogP contribution in [0.5, 0.6) is 0 Å². The molecule has 0 heterocycles. The molecule has 0 bridgehead atoms. The van der Waals surface area contributed by atoms with Gasteiger partial charge in [-0.2, -0.15) is 0 Å². The summed E-state index contributed by atoms with van der Waals surface area (Å²) < 4.78 is 19.3. The summed E-state index contributed by atoms with van der Waals surface area (Å²) in [6.45, 7) is 1.62. The van der Waals surface area contributed by atoms with Gasteiger partial charge in [0.15, 0.2) is 0 Å². The molecule has 24 heavy (non-hydrogen) atoms. The fourth-order valence-electron chi connectivity index (χ4n) is 2.26. The van der Waals surface area contributed by atoms with Crippen molar-refractivity contribution in [1.29, 1.82) is 0 Å². The molecule has 2 N–H and O–H groups in total. The van der Waals surface area contributed by atoms with Crippen LogP contribution >= 0.6 is 0 Å². The fraction of sp³-hybridized carbons (Fsp3) is 0.222. The number of rotatable bonds is 6. The average Bonchev–Trinajstić information content (AvgIpc) is 2.55. The third-order valence-corrected chi connectivity index (χ3v) is 3.48. The number of aryl methyl sites for hydroxylation is 1. The Balaban J connectivity index is 2.07. The maximum Gasteiger partial charge on any atom is 0.407 e. The quantitative estimate of drug-likeness (QED) is 0.848. The largest absolute Gasteiger partial charge is 0.481 e. The molecule has 0 fully saturated rings. The molecule has 5 nitrogen and oxygen atoms in total. The Bertz CT molecular complexity index is 718. The Morgan fingerprint density at radius 1 is 1.17 bits per heavy atom. The first-order valence-corrected chi connectivity index (χ1v) is 7.41. The van der Waals surface area contributed by atoms with Gasteiger partial charge in [0, 0.05) is 5.56 Å². The minimum absolute atomic E-state index is 0.0444. The zero-order chi connectivity index (χ0) is 17.5. The van der Waals surface area contributed by atoms with E-state index in [0.29, 0.717) is 5.56 Å². The van der Waals surface area contributed by atoms with Crippen LogP contribution in [0.3, 0.4) is 0 Å². The number of halogens is 1. The van der Waals surface area contributed by atoms with Gasteiger partial charge in [-0.25, -0.2) is 9.18 Å². The maximum absolute atomic E-state index is 14.2. The molecule has 2 aromatic carbocycles. The van der Waals surface area contributed by atoms with Gasteiger partial charge in [0.05, 0.1) is 12.5 Å². The molecule has 2 rings (SSSR count). The number of ether oxygens (including phenoxy) is 1. The van der Waals surface area contributed by atoms with Crippen LogP contribution in [-0.4, -0.2) is 17.2 Å². The van der Waals surface area contributed by atoms with E-state index in [0.717, 1.165) is 5.56 Å². The summed E-state index contributed by atoms with van der Waals surface area (Å²) >= 11 is 0. The molecule has 0 saturated heterocycles. The second kappa shape index (κ2) is 8.10. The van der Waals surface area contributed by atoms with Crippen LogP contribution in [0.1, 0.15) is 29.2 Å². The number of hydrogen-bond donors (Lipinski definition) is 2. The summed E-state index contributed by atoms with van der Waals surface area (Å²) in [5.74, 6) is -1.68. The zero-order valence-corrected chi connectivity index (χ0v) is 13.2. The van der Waals surface area contributed by atoms with Crippen LogP contribution in [0.2, 0.25) is 0 Å². The molecule has 1 amide bonds. The number of carboxylic acid groups (broad SMARTS) is 1. The average molecular weight is 331 g/mol. The van der Waals surface area contributed by atoms with Crippen molar-refractivity contribution in [2.75, 3.05) is 0 Å². The van der Waals surface area contributed by atoms with E-state index in [9.17, 15) is 14.0 Å². The normalized spacial score (nSPS) is 11.6. The van der Waals surface area contributed by atoms with Crippen molar-refractivity contribution >= 4 is 12.1 Å². The second-order valence-electron chi connectivity index (χ2n) is 5.33. The minimum atomic E-state index is -1.15. The fourth-order valence-corrected chi connectivity index (χ4v) is 2.26. The highest BCUT2D eigenvalue weighted by atomic mass is 19.1. The topological polar surface area (TPSA) is 75.6 Å². The number of carbonyl (C=O) groups is 2. The smallest absolute Gasteiger partial charge is 0.407 e. The molecule has 0 aliphatic heterocycles. The number of amides is 1. The molecule has 6 heteroatoms. The van der Waals surface area contributed by atoms with E-state index in [1.807, 2.05) is 18.2 Å². The van der Waals surface area contributed by atoms with Crippen LogP contribution in [0.4, 0.5) is 9.18 Å². The van der Waals surface area contributed by atoms with Crippen LogP contribution in [0.15, 0.2) is 48.5 Å². The molecular formula is C18H18FNO4. The number of aliphatic carboxylic acids is 1. The van der Waals surface area contributed by atoms with Crippen molar-refractivity contribution in [3.05, 3.63) is 71.0 Å². The van der Waals surface area contributed by atoms with Crippen LogP contribution < -0.4 is 5.32 Å². The number of hydrogen-bond acceptors (Lipinski definition) is 3. The van der Waals surface area contributed by atoms with Gasteiger partial charge in [0.25, 0.3) is 0 Å². The van der Waals surface area contributed by atoms with E-state index in [-0.39, 0.29) is 12.2 Å². The van der Waals surface area contributed by atoms with E-state index in [2.05, 4.69) is 5.32 Å². The van der Waals surface area contributed by atoms with Crippen molar-refractivity contribution in [3.8, 4) is 0 Å².